The maximum Gasteiger partial charge on any atom is 0.0864 e. The second-order valence-corrected chi connectivity index (χ2v) is 6.44. The third-order valence-corrected chi connectivity index (χ3v) is 4.61. The fraction of sp³-hybridized carbons (Fsp3) is 0.136. The first kappa shape index (κ1) is 14.7. The Labute approximate surface area is 142 Å². The molecule has 2 heteroatoms. The van der Waals surface area contributed by atoms with Crippen LogP contribution in [0.15, 0.2) is 89.9 Å². The lowest BCUT2D eigenvalue weighted by molar-refractivity contribution is 0.571. The van der Waals surface area contributed by atoms with Crippen LogP contribution in [-0.4, -0.2) is 5.71 Å². The molecule has 0 spiro atoms. The minimum atomic E-state index is -0.206. The summed E-state index contributed by atoms with van der Waals surface area (Å²) in [4.78, 5) is 4.98. The number of aliphatic imine (C=N–C) groups is 1. The number of anilines is 1. The van der Waals surface area contributed by atoms with Gasteiger partial charge in [-0.1, -0.05) is 72.8 Å². The van der Waals surface area contributed by atoms with E-state index in [9.17, 15) is 0 Å². The zero-order valence-corrected chi connectivity index (χ0v) is 13.7. The van der Waals surface area contributed by atoms with Crippen LogP contribution >= 0.6 is 0 Å². The lowest BCUT2D eigenvalue weighted by atomic mass is 9.85. The Morgan fingerprint density at radius 1 is 0.792 bits per heavy atom. The lowest BCUT2D eigenvalue weighted by Crippen LogP contribution is -2.33. The molecule has 3 aromatic rings. The van der Waals surface area contributed by atoms with Crippen molar-refractivity contribution in [1.82, 2.24) is 0 Å². The number of hydrogen-bond acceptors (Lipinski definition) is 2. The van der Waals surface area contributed by atoms with Crippen molar-refractivity contribution in [2.75, 3.05) is 5.32 Å². The van der Waals surface area contributed by atoms with Crippen molar-refractivity contribution >= 4 is 17.1 Å². The van der Waals surface area contributed by atoms with E-state index in [-0.39, 0.29) is 5.54 Å². The number of nitrogens with zero attached hydrogens (tertiary/aromatic N) is 1. The van der Waals surface area contributed by atoms with E-state index in [2.05, 4.69) is 85.0 Å². The molecule has 1 aliphatic heterocycles. The summed E-state index contributed by atoms with van der Waals surface area (Å²) in [6.45, 7) is 2.25. The summed E-state index contributed by atoms with van der Waals surface area (Å²) in [6, 6.07) is 29.4. The number of benzene rings is 3. The van der Waals surface area contributed by atoms with Crippen molar-refractivity contribution in [3.8, 4) is 0 Å². The first-order valence-electron chi connectivity index (χ1n) is 8.30. The Kier molecular flexibility index (Phi) is 3.66. The zero-order valence-electron chi connectivity index (χ0n) is 13.7. The molecule has 0 fully saturated rings. The second kappa shape index (κ2) is 5.97. The van der Waals surface area contributed by atoms with E-state index in [1.54, 1.807) is 0 Å². The van der Waals surface area contributed by atoms with Gasteiger partial charge in [0.15, 0.2) is 0 Å². The van der Waals surface area contributed by atoms with Crippen LogP contribution in [0.3, 0.4) is 0 Å². The van der Waals surface area contributed by atoms with Crippen LogP contribution in [0, 0.1) is 0 Å². The van der Waals surface area contributed by atoms with Crippen molar-refractivity contribution in [3.63, 3.8) is 0 Å². The van der Waals surface area contributed by atoms with Gasteiger partial charge in [0.1, 0.15) is 0 Å². The average Bonchev–Trinajstić information content (AvgIpc) is 2.80. The molecule has 1 unspecified atom stereocenters. The van der Waals surface area contributed by atoms with Gasteiger partial charge in [0.2, 0.25) is 0 Å². The summed E-state index contributed by atoms with van der Waals surface area (Å²) in [5.41, 5.74) is 5.43. The van der Waals surface area contributed by atoms with Crippen molar-refractivity contribution in [1.29, 1.82) is 0 Å². The molecule has 1 heterocycles. The summed E-state index contributed by atoms with van der Waals surface area (Å²) in [6.07, 6.45) is 0.829. The Hall–Kier alpha value is -2.87. The largest absolute Gasteiger partial charge is 0.374 e. The average molecular weight is 312 g/mol. The topological polar surface area (TPSA) is 24.4 Å². The van der Waals surface area contributed by atoms with Crippen LogP contribution in [0.25, 0.3) is 0 Å². The number of nitrogens with one attached hydrogen (secondary N) is 1. The highest BCUT2D eigenvalue weighted by Gasteiger charge is 2.31. The molecule has 3 aromatic carbocycles. The van der Waals surface area contributed by atoms with E-state index in [1.165, 1.54) is 11.1 Å². The molecule has 1 aliphatic rings. The highest BCUT2D eigenvalue weighted by molar-refractivity contribution is 6.04. The van der Waals surface area contributed by atoms with Gasteiger partial charge < -0.3 is 5.32 Å². The Morgan fingerprint density at radius 3 is 2.17 bits per heavy atom. The molecule has 1 N–H and O–H groups in total. The highest BCUT2D eigenvalue weighted by Crippen LogP contribution is 2.38. The SMILES string of the molecule is CC1(c2ccccc2)CC(c2ccccc2)=Nc2ccccc2N1. The molecule has 118 valence electrons. The van der Waals surface area contributed by atoms with Gasteiger partial charge in [-0.2, -0.15) is 0 Å². The van der Waals surface area contributed by atoms with Crippen molar-refractivity contribution in [2.45, 2.75) is 18.9 Å². The molecule has 0 aliphatic carbocycles. The van der Waals surface area contributed by atoms with Gasteiger partial charge in [0.25, 0.3) is 0 Å². The summed E-state index contributed by atoms with van der Waals surface area (Å²) in [5, 5.41) is 3.74. The maximum atomic E-state index is 4.98. The summed E-state index contributed by atoms with van der Waals surface area (Å²) < 4.78 is 0. The van der Waals surface area contributed by atoms with E-state index in [1.807, 2.05) is 12.1 Å². The second-order valence-electron chi connectivity index (χ2n) is 6.44. The summed E-state index contributed by atoms with van der Waals surface area (Å²) >= 11 is 0. The number of hydrogen-bond donors (Lipinski definition) is 1. The van der Waals surface area contributed by atoms with E-state index in [0.29, 0.717) is 0 Å². The minimum absolute atomic E-state index is 0.206. The van der Waals surface area contributed by atoms with Crippen LogP contribution in [0.2, 0.25) is 0 Å². The smallest absolute Gasteiger partial charge is 0.0864 e. The molecule has 0 radical (unpaired) electrons. The van der Waals surface area contributed by atoms with E-state index < -0.39 is 0 Å². The molecular weight excluding hydrogens is 292 g/mol. The molecule has 0 saturated heterocycles. The Morgan fingerprint density at radius 2 is 1.42 bits per heavy atom. The summed E-state index contributed by atoms with van der Waals surface area (Å²) in [7, 11) is 0. The zero-order chi connectivity index (χ0) is 16.4. The normalized spacial score (nSPS) is 19.6. The minimum Gasteiger partial charge on any atom is -0.374 e. The molecule has 1 atom stereocenters. The van der Waals surface area contributed by atoms with Crippen LogP contribution in [0.1, 0.15) is 24.5 Å². The lowest BCUT2D eigenvalue weighted by Gasteiger charge is -2.32. The first-order chi connectivity index (χ1) is 11.7. The van der Waals surface area contributed by atoms with Crippen LogP contribution < -0.4 is 5.32 Å². The molecular formula is C22H20N2. The van der Waals surface area contributed by atoms with Gasteiger partial charge in [-0.3, -0.25) is 4.99 Å². The Bertz CT molecular complexity index is 869. The van der Waals surface area contributed by atoms with Gasteiger partial charge in [0.05, 0.1) is 22.6 Å². The van der Waals surface area contributed by atoms with Crippen molar-refractivity contribution in [2.24, 2.45) is 4.99 Å². The van der Waals surface area contributed by atoms with E-state index in [0.717, 1.165) is 23.5 Å². The molecule has 0 bridgehead atoms. The predicted octanol–water partition coefficient (Wildman–Crippen LogP) is 5.54. The quantitative estimate of drug-likeness (QED) is 0.660. The fourth-order valence-electron chi connectivity index (χ4n) is 3.32. The monoisotopic (exact) mass is 312 g/mol. The van der Waals surface area contributed by atoms with Crippen LogP contribution in [0.4, 0.5) is 11.4 Å². The number of fused-ring (bicyclic) bond motifs is 1. The van der Waals surface area contributed by atoms with Gasteiger partial charge >= 0.3 is 0 Å². The fourth-order valence-corrected chi connectivity index (χ4v) is 3.32. The van der Waals surface area contributed by atoms with Crippen molar-refractivity contribution in [3.05, 3.63) is 96.1 Å². The van der Waals surface area contributed by atoms with Gasteiger partial charge in [-0.15, -0.1) is 0 Å². The molecule has 24 heavy (non-hydrogen) atoms. The van der Waals surface area contributed by atoms with E-state index in [4.69, 9.17) is 4.99 Å². The van der Waals surface area contributed by atoms with Gasteiger partial charge in [0, 0.05) is 6.42 Å². The number of para-hydroxylation sites is 2. The van der Waals surface area contributed by atoms with Crippen LogP contribution in [0.5, 0.6) is 0 Å². The standard InChI is InChI=1S/C22H20N2/c1-22(18-12-6-3-7-13-18)16-21(17-10-4-2-5-11-17)23-19-14-8-9-15-20(19)24-22/h2-15,24H,16H2,1H3. The third-order valence-electron chi connectivity index (χ3n) is 4.61. The molecule has 4 rings (SSSR count). The van der Waals surface area contributed by atoms with E-state index >= 15 is 0 Å². The number of rotatable bonds is 2. The molecule has 2 nitrogen and oxygen atoms in total. The van der Waals surface area contributed by atoms with Crippen molar-refractivity contribution < 1.29 is 0 Å². The maximum absolute atomic E-state index is 4.98. The van der Waals surface area contributed by atoms with Gasteiger partial charge in [-0.05, 0) is 30.2 Å². The van der Waals surface area contributed by atoms with Gasteiger partial charge in [-0.25, -0.2) is 0 Å². The molecule has 0 saturated carbocycles. The predicted molar refractivity (Wildman–Crippen MR) is 101 cm³/mol. The molecule has 0 aromatic heterocycles. The first-order valence-corrected chi connectivity index (χ1v) is 8.30. The summed E-state index contributed by atoms with van der Waals surface area (Å²) in [5.74, 6) is 0. The van der Waals surface area contributed by atoms with Crippen LogP contribution in [-0.2, 0) is 5.54 Å². The Balaban J connectivity index is 1.87. The highest BCUT2D eigenvalue weighted by atomic mass is 15.0. The third kappa shape index (κ3) is 2.71. The molecule has 0 amide bonds.